The summed E-state index contributed by atoms with van der Waals surface area (Å²) in [6.45, 7) is 24.6. The van der Waals surface area contributed by atoms with Crippen LogP contribution in [0.4, 0.5) is 0 Å². The number of Topliss-reactive ketones (excluding diaryl/α,β-unsaturated/α-hetero) is 2. The molecule has 0 aliphatic heterocycles. The Labute approximate surface area is 357 Å². The van der Waals surface area contributed by atoms with Crippen molar-refractivity contribution >= 4 is 11.6 Å². The molecule has 58 heavy (non-hydrogen) atoms. The quantitative estimate of drug-likeness (QED) is 0.0793. The van der Waals surface area contributed by atoms with Gasteiger partial charge in [0.15, 0.2) is 11.6 Å². The van der Waals surface area contributed by atoms with E-state index < -0.39 is 0 Å². The third kappa shape index (κ3) is 21.5. The van der Waals surface area contributed by atoms with Gasteiger partial charge in [0.25, 0.3) is 0 Å². The Hall–Kier alpha value is -3.52. The molecular weight excluding hydrogens is 705 g/mol. The van der Waals surface area contributed by atoms with Crippen LogP contribution in [0.15, 0.2) is 117 Å². The fraction of sp³-hybridized carbons (Fsp3) is 0.571. The molecule has 0 fully saturated rings. The highest BCUT2D eigenvalue weighted by molar-refractivity contribution is 6.26. The van der Waals surface area contributed by atoms with Crippen molar-refractivity contribution < 1.29 is 9.59 Å². The molecule has 2 nitrogen and oxygen atoms in total. The van der Waals surface area contributed by atoms with Gasteiger partial charge in [-0.2, -0.15) is 0 Å². The zero-order chi connectivity index (χ0) is 42.9. The smallest absolute Gasteiger partial charge is 0.190 e. The van der Waals surface area contributed by atoms with Crippen LogP contribution >= 0.6 is 0 Å². The van der Waals surface area contributed by atoms with Crippen molar-refractivity contribution in [3.05, 3.63) is 128 Å². The molecule has 0 unspecified atom stereocenters. The summed E-state index contributed by atoms with van der Waals surface area (Å²) < 4.78 is 0. The van der Waals surface area contributed by atoms with Gasteiger partial charge in [0.2, 0.25) is 0 Å². The summed E-state index contributed by atoms with van der Waals surface area (Å²) in [5.41, 5.74) is 12.7. The lowest BCUT2D eigenvalue weighted by Crippen LogP contribution is -2.20. The third-order valence-electron chi connectivity index (χ3n) is 12.2. The summed E-state index contributed by atoms with van der Waals surface area (Å²) in [7, 11) is 0. The maximum absolute atomic E-state index is 13.1. The maximum Gasteiger partial charge on any atom is 0.190 e. The molecule has 0 N–H and O–H groups in total. The van der Waals surface area contributed by atoms with E-state index in [1.165, 1.54) is 122 Å². The van der Waals surface area contributed by atoms with Gasteiger partial charge in [-0.25, -0.2) is 0 Å². The van der Waals surface area contributed by atoms with Crippen LogP contribution in [0.3, 0.4) is 0 Å². The standard InChI is InChI=1S/C56H84O2/c1-42(2)22-14-23-43(3)24-15-25-44(4)26-16-27-45(5)28-17-29-46(6)30-18-31-47(7)32-19-33-48(8)34-20-35-49(9)36-21-37-50(10)40-41-52-51(11)55(57)53-38-12-13-39-54(53)56(52)58/h12-13,22,24,26,28,30,32,38-40,48-49H,14-21,23,25,27,29,31,33-37,41H2,1-11H3/t48-,49-/m1/s1. The molecular formula is C56H84O2. The van der Waals surface area contributed by atoms with Crippen LogP contribution in [0.2, 0.25) is 0 Å². The molecule has 0 radical (unpaired) electrons. The monoisotopic (exact) mass is 789 g/mol. The average molecular weight is 789 g/mol. The minimum atomic E-state index is -0.00895. The van der Waals surface area contributed by atoms with E-state index in [1.807, 2.05) is 12.1 Å². The van der Waals surface area contributed by atoms with Crippen LogP contribution in [0, 0.1) is 11.8 Å². The highest BCUT2D eigenvalue weighted by atomic mass is 16.1. The number of carbonyl (C=O) groups excluding carboxylic acids is 2. The van der Waals surface area contributed by atoms with Crippen molar-refractivity contribution in [3.8, 4) is 0 Å². The molecule has 0 saturated carbocycles. The molecule has 2 heteroatoms. The van der Waals surface area contributed by atoms with Gasteiger partial charge in [-0.1, -0.05) is 145 Å². The minimum absolute atomic E-state index is 0.00873. The number of hydrogen-bond acceptors (Lipinski definition) is 2. The number of fused-ring (bicyclic) bond motifs is 1. The SMILES string of the molecule is CC(C)=CCCC(C)=CCCC(C)=CCCC(C)=CCCC(C)=CCCC(C)=CCC[C@@H](C)CCC[C@@H](C)CCCC(C)=CCC1=C(C)C(=O)c2ccccc2C1=O. The summed E-state index contributed by atoms with van der Waals surface area (Å²) in [6.07, 6.45) is 38.9. The largest absolute Gasteiger partial charge is 0.289 e. The molecule has 0 saturated heterocycles. The molecule has 0 spiro atoms. The van der Waals surface area contributed by atoms with E-state index in [0.717, 1.165) is 43.9 Å². The molecule has 0 bridgehead atoms. The summed E-state index contributed by atoms with van der Waals surface area (Å²) in [6, 6.07) is 7.20. The molecule has 0 heterocycles. The average Bonchev–Trinajstić information content (AvgIpc) is 3.17. The fourth-order valence-electron chi connectivity index (χ4n) is 7.91. The maximum atomic E-state index is 13.1. The summed E-state index contributed by atoms with van der Waals surface area (Å²) in [5, 5.41) is 0. The molecule has 1 aromatic carbocycles. The highest BCUT2D eigenvalue weighted by Crippen LogP contribution is 2.29. The van der Waals surface area contributed by atoms with Crippen LogP contribution in [0.1, 0.15) is 219 Å². The molecule has 2 rings (SSSR count). The van der Waals surface area contributed by atoms with Crippen LogP contribution in [0.5, 0.6) is 0 Å². The van der Waals surface area contributed by atoms with Crippen molar-refractivity contribution in [3.63, 3.8) is 0 Å². The number of carbonyl (C=O) groups is 2. The van der Waals surface area contributed by atoms with Crippen LogP contribution in [-0.2, 0) is 0 Å². The second kappa shape index (κ2) is 28.8. The second-order valence-electron chi connectivity index (χ2n) is 18.4. The molecule has 1 aromatic rings. The zero-order valence-corrected chi connectivity index (χ0v) is 39.3. The van der Waals surface area contributed by atoms with Crippen LogP contribution in [0.25, 0.3) is 0 Å². The van der Waals surface area contributed by atoms with E-state index in [2.05, 4.69) is 112 Å². The van der Waals surface area contributed by atoms with E-state index in [1.54, 1.807) is 19.1 Å². The number of hydrogen-bond donors (Lipinski definition) is 0. The molecule has 320 valence electrons. The van der Waals surface area contributed by atoms with Crippen molar-refractivity contribution in [1.29, 1.82) is 0 Å². The van der Waals surface area contributed by atoms with Crippen molar-refractivity contribution in [2.45, 2.75) is 198 Å². The number of rotatable bonds is 28. The van der Waals surface area contributed by atoms with Gasteiger partial charge < -0.3 is 0 Å². The predicted octanol–water partition coefficient (Wildman–Crippen LogP) is 17.7. The molecule has 2 atom stereocenters. The van der Waals surface area contributed by atoms with Gasteiger partial charge >= 0.3 is 0 Å². The van der Waals surface area contributed by atoms with E-state index in [4.69, 9.17) is 0 Å². The van der Waals surface area contributed by atoms with Crippen molar-refractivity contribution in [1.82, 2.24) is 0 Å². The predicted molar refractivity (Wildman–Crippen MR) is 256 cm³/mol. The Morgan fingerprint density at radius 3 is 1.31 bits per heavy atom. The first-order valence-corrected chi connectivity index (χ1v) is 23.1. The number of allylic oxidation sites excluding steroid dienone is 16. The number of ketones is 2. The van der Waals surface area contributed by atoms with Crippen LogP contribution in [-0.4, -0.2) is 11.6 Å². The first kappa shape index (κ1) is 50.6. The highest BCUT2D eigenvalue weighted by Gasteiger charge is 2.28. The Balaban J connectivity index is 1.54. The molecule has 1 aliphatic carbocycles. The van der Waals surface area contributed by atoms with E-state index in [-0.39, 0.29) is 11.6 Å². The van der Waals surface area contributed by atoms with E-state index in [9.17, 15) is 9.59 Å². The van der Waals surface area contributed by atoms with E-state index >= 15 is 0 Å². The van der Waals surface area contributed by atoms with Gasteiger partial charge in [-0.05, 0) is 170 Å². The van der Waals surface area contributed by atoms with Gasteiger partial charge in [0, 0.05) is 22.3 Å². The molecule has 1 aliphatic rings. The Bertz CT molecular complexity index is 1690. The van der Waals surface area contributed by atoms with Gasteiger partial charge in [0.05, 0.1) is 0 Å². The third-order valence-corrected chi connectivity index (χ3v) is 12.2. The fourth-order valence-corrected chi connectivity index (χ4v) is 7.91. The van der Waals surface area contributed by atoms with Crippen LogP contribution < -0.4 is 0 Å². The first-order chi connectivity index (χ1) is 27.7. The Kier molecular flexibility index (Phi) is 25.2. The Morgan fingerprint density at radius 1 is 0.466 bits per heavy atom. The van der Waals surface area contributed by atoms with E-state index in [0.29, 0.717) is 28.7 Å². The van der Waals surface area contributed by atoms with Crippen molar-refractivity contribution in [2.24, 2.45) is 11.8 Å². The lowest BCUT2D eigenvalue weighted by molar-refractivity contribution is 0.0973. The van der Waals surface area contributed by atoms with Gasteiger partial charge in [-0.15, -0.1) is 0 Å². The normalized spacial score (nSPS) is 15.9. The summed E-state index contributed by atoms with van der Waals surface area (Å²) >= 11 is 0. The Morgan fingerprint density at radius 2 is 0.845 bits per heavy atom. The van der Waals surface area contributed by atoms with Gasteiger partial charge in [-0.3, -0.25) is 9.59 Å². The van der Waals surface area contributed by atoms with Crippen molar-refractivity contribution in [2.75, 3.05) is 0 Å². The van der Waals surface area contributed by atoms with Gasteiger partial charge in [0.1, 0.15) is 0 Å². The second-order valence-corrected chi connectivity index (χ2v) is 18.4. The molecule has 0 amide bonds. The lowest BCUT2D eigenvalue weighted by Gasteiger charge is -2.18. The zero-order valence-electron chi connectivity index (χ0n) is 39.3. The molecule has 0 aromatic heterocycles. The number of benzene rings is 1. The first-order valence-electron chi connectivity index (χ1n) is 23.1. The topological polar surface area (TPSA) is 34.1 Å². The summed E-state index contributed by atoms with van der Waals surface area (Å²) in [4.78, 5) is 25.8. The minimum Gasteiger partial charge on any atom is -0.289 e. The lowest BCUT2D eigenvalue weighted by atomic mass is 9.83. The summed E-state index contributed by atoms with van der Waals surface area (Å²) in [5.74, 6) is 1.52.